The summed E-state index contributed by atoms with van der Waals surface area (Å²) < 4.78 is 0. The van der Waals surface area contributed by atoms with Gasteiger partial charge in [0.05, 0.1) is 17.0 Å². The second-order valence-electron chi connectivity index (χ2n) is 4.83. The molecule has 1 atom stereocenters. The number of fused-ring (bicyclic) bond motifs is 1. The number of carboxylic acids is 1. The van der Waals surface area contributed by atoms with Gasteiger partial charge in [-0.25, -0.2) is 0 Å². The van der Waals surface area contributed by atoms with E-state index in [-0.39, 0.29) is 23.6 Å². The van der Waals surface area contributed by atoms with Crippen molar-refractivity contribution >= 4 is 17.8 Å². The first-order valence-corrected chi connectivity index (χ1v) is 5.96. The molecular weight excluding hydrogens is 248 g/mol. The molecule has 100 valence electrons. The molecule has 0 saturated carbocycles. The smallest absolute Gasteiger partial charge is 0.308 e. The van der Waals surface area contributed by atoms with E-state index in [2.05, 4.69) is 4.98 Å². The summed E-state index contributed by atoms with van der Waals surface area (Å²) in [5.41, 5.74) is 0.522. The Balaban J connectivity index is 2.27. The van der Waals surface area contributed by atoms with Crippen molar-refractivity contribution in [3.63, 3.8) is 0 Å². The van der Waals surface area contributed by atoms with E-state index >= 15 is 0 Å². The number of pyridine rings is 1. The van der Waals surface area contributed by atoms with Gasteiger partial charge in [-0.2, -0.15) is 0 Å². The molecule has 0 fully saturated rings. The van der Waals surface area contributed by atoms with Crippen LogP contribution in [0.3, 0.4) is 0 Å². The van der Waals surface area contributed by atoms with Gasteiger partial charge < -0.3 is 5.11 Å². The molecule has 0 spiro atoms. The van der Waals surface area contributed by atoms with Crippen LogP contribution < -0.4 is 0 Å². The first-order chi connectivity index (χ1) is 8.93. The van der Waals surface area contributed by atoms with Crippen molar-refractivity contribution < 1.29 is 19.5 Å². The average molecular weight is 262 g/mol. The Labute approximate surface area is 110 Å². The summed E-state index contributed by atoms with van der Waals surface area (Å²) in [5.74, 6) is -2.87. The number of aliphatic carboxylic acids is 1. The molecule has 0 bridgehead atoms. The molecule has 0 saturated heterocycles. The van der Waals surface area contributed by atoms with Crippen LogP contribution in [-0.4, -0.2) is 39.3 Å². The minimum Gasteiger partial charge on any atom is -0.481 e. The van der Waals surface area contributed by atoms with Crippen molar-refractivity contribution in [2.24, 2.45) is 11.8 Å². The predicted octanol–water partition coefficient (Wildman–Crippen LogP) is 1.03. The second kappa shape index (κ2) is 4.79. The van der Waals surface area contributed by atoms with Crippen LogP contribution in [0.4, 0.5) is 0 Å². The number of rotatable bonds is 4. The zero-order chi connectivity index (χ0) is 14.2. The van der Waals surface area contributed by atoms with Crippen LogP contribution in [0.5, 0.6) is 0 Å². The first-order valence-electron chi connectivity index (χ1n) is 5.96. The van der Waals surface area contributed by atoms with Gasteiger partial charge >= 0.3 is 5.97 Å². The monoisotopic (exact) mass is 262 g/mol. The Morgan fingerprint density at radius 1 is 1.32 bits per heavy atom. The lowest BCUT2D eigenvalue weighted by molar-refractivity contribution is -0.143. The standard InChI is InChI=1S/C13H14N2O4/c1-7(2)10(13(18)19)6-15-11(16)8-3-4-14-5-9(8)12(15)17/h3-5,7,10H,6H2,1-2H3,(H,18,19). The van der Waals surface area contributed by atoms with Crippen molar-refractivity contribution in [3.8, 4) is 0 Å². The lowest BCUT2D eigenvalue weighted by atomic mass is 9.95. The maximum atomic E-state index is 12.1. The summed E-state index contributed by atoms with van der Waals surface area (Å²) in [6.07, 6.45) is 2.77. The van der Waals surface area contributed by atoms with Crippen LogP contribution in [0, 0.1) is 11.8 Å². The van der Waals surface area contributed by atoms with Crippen molar-refractivity contribution in [2.45, 2.75) is 13.8 Å². The molecule has 1 unspecified atom stereocenters. The fourth-order valence-electron chi connectivity index (χ4n) is 2.07. The third-order valence-electron chi connectivity index (χ3n) is 3.27. The molecule has 2 rings (SSSR count). The van der Waals surface area contributed by atoms with E-state index in [1.165, 1.54) is 18.5 Å². The molecular formula is C13H14N2O4. The summed E-state index contributed by atoms with van der Waals surface area (Å²) in [7, 11) is 0. The Hall–Kier alpha value is -2.24. The molecule has 6 heteroatoms. The van der Waals surface area contributed by atoms with Gasteiger partial charge in [0.1, 0.15) is 0 Å². The number of hydrogen-bond acceptors (Lipinski definition) is 4. The third kappa shape index (κ3) is 2.21. The normalized spacial score (nSPS) is 15.8. The van der Waals surface area contributed by atoms with Gasteiger partial charge in [-0.3, -0.25) is 24.3 Å². The number of carboxylic acid groups (broad SMARTS) is 1. The molecule has 1 aromatic rings. The summed E-state index contributed by atoms with van der Waals surface area (Å²) in [5, 5.41) is 9.13. The SMILES string of the molecule is CC(C)C(CN1C(=O)c2ccncc2C1=O)C(=O)O. The fraction of sp³-hybridized carbons (Fsp3) is 0.385. The molecule has 2 amide bonds. The van der Waals surface area contributed by atoms with Crippen LogP contribution in [0.15, 0.2) is 18.5 Å². The largest absolute Gasteiger partial charge is 0.481 e. The number of imide groups is 1. The van der Waals surface area contributed by atoms with E-state index in [4.69, 9.17) is 5.11 Å². The molecule has 1 aliphatic heterocycles. The van der Waals surface area contributed by atoms with Gasteiger partial charge in [-0.15, -0.1) is 0 Å². The van der Waals surface area contributed by atoms with Crippen LogP contribution >= 0.6 is 0 Å². The van der Waals surface area contributed by atoms with Gasteiger partial charge in [-0.1, -0.05) is 13.8 Å². The molecule has 1 aromatic heterocycles. The molecule has 2 heterocycles. The number of carbonyl (C=O) groups excluding carboxylic acids is 2. The zero-order valence-electron chi connectivity index (χ0n) is 10.7. The summed E-state index contributed by atoms with van der Waals surface area (Å²) >= 11 is 0. The van der Waals surface area contributed by atoms with Crippen molar-refractivity contribution in [1.29, 1.82) is 0 Å². The Bertz CT molecular complexity index is 518. The van der Waals surface area contributed by atoms with Crippen molar-refractivity contribution in [2.75, 3.05) is 6.54 Å². The fourth-order valence-corrected chi connectivity index (χ4v) is 2.07. The van der Waals surface area contributed by atoms with Gasteiger partial charge in [0.25, 0.3) is 11.8 Å². The minimum absolute atomic E-state index is 0.112. The van der Waals surface area contributed by atoms with Crippen LogP contribution in [-0.2, 0) is 4.79 Å². The van der Waals surface area contributed by atoms with Gasteiger partial charge in [0.15, 0.2) is 0 Å². The second-order valence-corrected chi connectivity index (χ2v) is 4.83. The summed E-state index contributed by atoms with van der Waals surface area (Å²) in [6.45, 7) is 3.39. The van der Waals surface area contributed by atoms with Crippen molar-refractivity contribution in [1.82, 2.24) is 9.88 Å². The highest BCUT2D eigenvalue weighted by Crippen LogP contribution is 2.24. The quantitative estimate of drug-likeness (QED) is 0.819. The van der Waals surface area contributed by atoms with E-state index in [0.717, 1.165) is 4.90 Å². The highest BCUT2D eigenvalue weighted by molar-refractivity contribution is 6.21. The first kappa shape index (κ1) is 13.2. The number of hydrogen-bond donors (Lipinski definition) is 1. The maximum Gasteiger partial charge on any atom is 0.308 e. The topological polar surface area (TPSA) is 87.6 Å². The van der Waals surface area contributed by atoms with Gasteiger partial charge in [-0.05, 0) is 12.0 Å². The highest BCUT2D eigenvalue weighted by Gasteiger charge is 2.38. The van der Waals surface area contributed by atoms with E-state index in [1.807, 2.05) is 0 Å². The highest BCUT2D eigenvalue weighted by atomic mass is 16.4. The molecule has 1 N–H and O–H groups in total. The van der Waals surface area contributed by atoms with Crippen LogP contribution in [0.2, 0.25) is 0 Å². The molecule has 0 radical (unpaired) electrons. The van der Waals surface area contributed by atoms with Crippen molar-refractivity contribution in [3.05, 3.63) is 29.6 Å². The van der Waals surface area contributed by atoms with Crippen LogP contribution in [0.25, 0.3) is 0 Å². The van der Waals surface area contributed by atoms with Crippen LogP contribution in [0.1, 0.15) is 34.6 Å². The minimum atomic E-state index is -1.01. The van der Waals surface area contributed by atoms with E-state index in [9.17, 15) is 14.4 Å². The molecule has 1 aliphatic rings. The van der Waals surface area contributed by atoms with Gasteiger partial charge in [0, 0.05) is 18.9 Å². The Morgan fingerprint density at radius 3 is 2.47 bits per heavy atom. The maximum absolute atomic E-state index is 12.1. The van der Waals surface area contributed by atoms with E-state index < -0.39 is 23.7 Å². The molecule has 0 aliphatic carbocycles. The number of aromatic nitrogens is 1. The number of carbonyl (C=O) groups is 3. The molecule has 19 heavy (non-hydrogen) atoms. The summed E-state index contributed by atoms with van der Waals surface area (Å²) in [6, 6.07) is 1.47. The number of amides is 2. The molecule has 6 nitrogen and oxygen atoms in total. The number of nitrogens with zero attached hydrogens (tertiary/aromatic N) is 2. The Morgan fingerprint density at radius 2 is 1.95 bits per heavy atom. The Kier molecular flexibility index (Phi) is 3.33. The third-order valence-corrected chi connectivity index (χ3v) is 3.27. The summed E-state index contributed by atoms with van der Waals surface area (Å²) in [4.78, 5) is 40.1. The lowest BCUT2D eigenvalue weighted by Crippen LogP contribution is -2.39. The van der Waals surface area contributed by atoms with E-state index in [0.29, 0.717) is 0 Å². The molecule has 0 aromatic carbocycles. The zero-order valence-corrected chi connectivity index (χ0v) is 10.7. The van der Waals surface area contributed by atoms with Gasteiger partial charge in [0.2, 0.25) is 0 Å². The predicted molar refractivity (Wildman–Crippen MR) is 65.6 cm³/mol. The lowest BCUT2D eigenvalue weighted by Gasteiger charge is -2.21. The van der Waals surface area contributed by atoms with E-state index in [1.54, 1.807) is 13.8 Å². The average Bonchev–Trinajstić information content (AvgIpc) is 2.59.